The Labute approximate surface area is 107 Å². The molecule has 0 amide bonds. The molecule has 1 heterocycles. The van der Waals surface area contributed by atoms with Crippen molar-refractivity contribution in [2.75, 3.05) is 20.3 Å². The van der Waals surface area contributed by atoms with Gasteiger partial charge in [0.15, 0.2) is 11.6 Å². The first-order chi connectivity index (χ1) is 8.70. The van der Waals surface area contributed by atoms with Crippen molar-refractivity contribution in [3.8, 4) is 5.75 Å². The van der Waals surface area contributed by atoms with Crippen molar-refractivity contribution in [3.05, 3.63) is 29.6 Å². The third kappa shape index (κ3) is 3.21. The van der Waals surface area contributed by atoms with Crippen LogP contribution in [0.25, 0.3) is 0 Å². The molecule has 1 aromatic carbocycles. The minimum atomic E-state index is -0.319. The summed E-state index contributed by atoms with van der Waals surface area (Å²) in [5.74, 6) is -0.0363. The van der Waals surface area contributed by atoms with Crippen LogP contribution < -0.4 is 10.1 Å². The van der Waals surface area contributed by atoms with Gasteiger partial charge in [-0.05, 0) is 37.5 Å². The minimum absolute atomic E-state index is 0.106. The highest BCUT2D eigenvalue weighted by Gasteiger charge is 2.16. The van der Waals surface area contributed by atoms with Crippen molar-refractivity contribution < 1.29 is 13.9 Å². The summed E-state index contributed by atoms with van der Waals surface area (Å²) >= 11 is 0. The molecule has 2 unspecified atom stereocenters. The molecule has 18 heavy (non-hydrogen) atoms. The van der Waals surface area contributed by atoms with Crippen LogP contribution in [-0.2, 0) is 4.74 Å². The molecule has 0 aromatic heterocycles. The number of hydrogen-bond acceptors (Lipinski definition) is 3. The Kier molecular flexibility index (Phi) is 4.55. The van der Waals surface area contributed by atoms with Gasteiger partial charge < -0.3 is 14.8 Å². The summed E-state index contributed by atoms with van der Waals surface area (Å²) in [5.41, 5.74) is 0.922. The normalized spacial score (nSPS) is 20.9. The zero-order valence-electron chi connectivity index (χ0n) is 10.9. The second-order valence-corrected chi connectivity index (χ2v) is 4.66. The largest absolute Gasteiger partial charge is 0.494 e. The second kappa shape index (κ2) is 6.16. The van der Waals surface area contributed by atoms with Gasteiger partial charge in [-0.3, -0.25) is 0 Å². The van der Waals surface area contributed by atoms with Gasteiger partial charge in [-0.2, -0.15) is 0 Å². The molecule has 2 rings (SSSR count). The molecule has 1 aliphatic rings. The third-order valence-corrected chi connectivity index (χ3v) is 3.35. The van der Waals surface area contributed by atoms with E-state index in [1.54, 1.807) is 6.07 Å². The highest BCUT2D eigenvalue weighted by Crippen LogP contribution is 2.22. The van der Waals surface area contributed by atoms with Gasteiger partial charge in [-0.25, -0.2) is 4.39 Å². The molecular formula is C14H20FNO2. The van der Waals surface area contributed by atoms with E-state index in [0.29, 0.717) is 6.10 Å². The van der Waals surface area contributed by atoms with E-state index in [1.165, 1.54) is 13.2 Å². The van der Waals surface area contributed by atoms with E-state index in [1.807, 2.05) is 13.0 Å². The van der Waals surface area contributed by atoms with Gasteiger partial charge in [0, 0.05) is 19.2 Å². The summed E-state index contributed by atoms with van der Waals surface area (Å²) in [5, 5.41) is 3.37. The fourth-order valence-electron chi connectivity index (χ4n) is 2.18. The van der Waals surface area contributed by atoms with Crippen molar-refractivity contribution in [1.29, 1.82) is 0 Å². The predicted molar refractivity (Wildman–Crippen MR) is 68.3 cm³/mol. The van der Waals surface area contributed by atoms with Crippen molar-refractivity contribution in [1.82, 2.24) is 5.32 Å². The number of methoxy groups -OCH3 is 1. The first-order valence-electron chi connectivity index (χ1n) is 6.39. The van der Waals surface area contributed by atoms with Crippen molar-refractivity contribution >= 4 is 0 Å². The smallest absolute Gasteiger partial charge is 0.165 e. The maximum absolute atomic E-state index is 13.6. The molecular weight excluding hydrogens is 233 g/mol. The molecule has 1 aromatic rings. The first kappa shape index (κ1) is 13.3. The Morgan fingerprint density at radius 3 is 3.00 bits per heavy atom. The molecule has 0 spiro atoms. The van der Waals surface area contributed by atoms with Gasteiger partial charge in [0.1, 0.15) is 0 Å². The average Bonchev–Trinajstić information content (AvgIpc) is 2.89. The topological polar surface area (TPSA) is 30.5 Å². The van der Waals surface area contributed by atoms with Crippen LogP contribution in [0.5, 0.6) is 5.75 Å². The molecule has 2 atom stereocenters. The minimum Gasteiger partial charge on any atom is -0.494 e. The number of ether oxygens (including phenoxy) is 2. The zero-order chi connectivity index (χ0) is 13.0. The average molecular weight is 253 g/mol. The van der Waals surface area contributed by atoms with Gasteiger partial charge in [0.05, 0.1) is 13.2 Å². The van der Waals surface area contributed by atoms with Crippen molar-refractivity contribution in [3.63, 3.8) is 0 Å². The van der Waals surface area contributed by atoms with Gasteiger partial charge in [-0.15, -0.1) is 0 Å². The fourth-order valence-corrected chi connectivity index (χ4v) is 2.18. The lowest BCUT2D eigenvalue weighted by molar-refractivity contribution is 0.108. The monoisotopic (exact) mass is 253 g/mol. The van der Waals surface area contributed by atoms with Crippen molar-refractivity contribution in [2.24, 2.45) is 0 Å². The van der Waals surface area contributed by atoms with Crippen LogP contribution in [-0.4, -0.2) is 26.4 Å². The molecule has 1 N–H and O–H groups in total. The Hall–Kier alpha value is -1.13. The summed E-state index contributed by atoms with van der Waals surface area (Å²) in [6.07, 6.45) is 2.55. The number of halogens is 1. The maximum Gasteiger partial charge on any atom is 0.165 e. The third-order valence-electron chi connectivity index (χ3n) is 3.35. The highest BCUT2D eigenvalue weighted by atomic mass is 19.1. The van der Waals surface area contributed by atoms with Gasteiger partial charge in [0.25, 0.3) is 0 Å². The van der Waals surface area contributed by atoms with Crippen LogP contribution in [0, 0.1) is 5.82 Å². The molecule has 0 saturated carbocycles. The Morgan fingerprint density at radius 1 is 1.56 bits per heavy atom. The maximum atomic E-state index is 13.6. The van der Waals surface area contributed by atoms with Crippen LogP contribution >= 0.6 is 0 Å². The summed E-state index contributed by atoms with van der Waals surface area (Å²) in [6.45, 7) is 3.70. The van der Waals surface area contributed by atoms with E-state index in [4.69, 9.17) is 9.47 Å². The second-order valence-electron chi connectivity index (χ2n) is 4.66. The number of benzene rings is 1. The van der Waals surface area contributed by atoms with Gasteiger partial charge >= 0.3 is 0 Å². The quantitative estimate of drug-likeness (QED) is 0.875. The van der Waals surface area contributed by atoms with Gasteiger partial charge in [0.2, 0.25) is 0 Å². The first-order valence-corrected chi connectivity index (χ1v) is 6.39. The van der Waals surface area contributed by atoms with Gasteiger partial charge in [-0.1, -0.05) is 6.07 Å². The van der Waals surface area contributed by atoms with E-state index < -0.39 is 0 Å². The molecule has 0 radical (unpaired) electrons. The molecule has 100 valence electrons. The predicted octanol–water partition coefficient (Wildman–Crippen LogP) is 2.66. The Balaban J connectivity index is 1.91. The van der Waals surface area contributed by atoms with Crippen LogP contribution in [0.1, 0.15) is 31.4 Å². The molecule has 1 aliphatic heterocycles. The summed E-state index contributed by atoms with van der Waals surface area (Å²) in [4.78, 5) is 0. The summed E-state index contributed by atoms with van der Waals surface area (Å²) in [6, 6.07) is 5.17. The molecule has 0 bridgehead atoms. The van der Waals surface area contributed by atoms with E-state index in [2.05, 4.69) is 5.32 Å². The van der Waals surface area contributed by atoms with E-state index >= 15 is 0 Å². The number of hydrogen-bond donors (Lipinski definition) is 1. The van der Waals surface area contributed by atoms with Crippen LogP contribution in [0.3, 0.4) is 0 Å². The lowest BCUT2D eigenvalue weighted by atomic mass is 10.1. The number of rotatable bonds is 5. The lowest BCUT2D eigenvalue weighted by Crippen LogP contribution is -2.28. The molecule has 4 heteroatoms. The van der Waals surface area contributed by atoms with E-state index in [0.717, 1.165) is 31.6 Å². The van der Waals surface area contributed by atoms with E-state index in [-0.39, 0.29) is 17.6 Å². The van der Waals surface area contributed by atoms with Crippen LogP contribution in [0.4, 0.5) is 4.39 Å². The number of nitrogens with one attached hydrogen (secondary N) is 1. The highest BCUT2D eigenvalue weighted by molar-refractivity contribution is 5.30. The van der Waals surface area contributed by atoms with Crippen LogP contribution in [0.15, 0.2) is 18.2 Å². The lowest BCUT2D eigenvalue weighted by Gasteiger charge is -2.17. The SMILES string of the molecule is COc1ccc(C(C)NCC2CCCO2)cc1F. The molecule has 3 nitrogen and oxygen atoms in total. The fraction of sp³-hybridized carbons (Fsp3) is 0.571. The molecule has 1 saturated heterocycles. The molecule has 0 aliphatic carbocycles. The van der Waals surface area contributed by atoms with Crippen molar-refractivity contribution in [2.45, 2.75) is 31.9 Å². The Morgan fingerprint density at radius 2 is 2.39 bits per heavy atom. The zero-order valence-corrected chi connectivity index (χ0v) is 10.9. The van der Waals surface area contributed by atoms with Crippen LogP contribution in [0.2, 0.25) is 0 Å². The standard InChI is InChI=1S/C14H20FNO2/c1-10(16-9-12-4-3-7-18-12)11-5-6-14(17-2)13(15)8-11/h5-6,8,10,12,16H,3-4,7,9H2,1-2H3. The Bertz CT molecular complexity index is 391. The van der Waals surface area contributed by atoms with E-state index in [9.17, 15) is 4.39 Å². The summed E-state index contributed by atoms with van der Waals surface area (Å²) in [7, 11) is 1.47. The summed E-state index contributed by atoms with van der Waals surface area (Å²) < 4.78 is 24.0. The molecule has 1 fully saturated rings.